The number of benzene rings is 4. The van der Waals surface area contributed by atoms with Crippen molar-refractivity contribution >= 4 is 68.3 Å². The highest BCUT2D eigenvalue weighted by molar-refractivity contribution is 8.24. The van der Waals surface area contributed by atoms with E-state index in [1.807, 2.05) is 121 Å². The van der Waals surface area contributed by atoms with Crippen LogP contribution in [0.15, 0.2) is 121 Å². The number of thiocarbonyl (C=S) groups is 2. The van der Waals surface area contributed by atoms with Crippen LogP contribution < -0.4 is 0 Å². The van der Waals surface area contributed by atoms with Gasteiger partial charge in [-0.2, -0.15) is 0 Å². The zero-order valence-corrected chi connectivity index (χ0v) is 24.6. The van der Waals surface area contributed by atoms with Gasteiger partial charge in [0.05, 0.1) is 8.39 Å². The molecule has 0 N–H and O–H groups in total. The summed E-state index contributed by atoms with van der Waals surface area (Å²) < 4.78 is 12.3. The second-order valence-corrected chi connectivity index (χ2v) is 12.0. The Bertz CT molecular complexity index is 1300. The van der Waals surface area contributed by atoms with E-state index >= 15 is 0 Å². The van der Waals surface area contributed by atoms with E-state index in [0.29, 0.717) is 8.39 Å². The minimum absolute atomic E-state index is 0.0815. The van der Waals surface area contributed by atoms with E-state index in [1.54, 1.807) is 0 Å². The Morgan fingerprint density at radius 2 is 0.825 bits per heavy atom. The van der Waals surface area contributed by atoms with Crippen LogP contribution in [-0.2, 0) is 19.1 Å². The highest BCUT2D eigenvalue weighted by Crippen LogP contribution is 2.35. The third kappa shape index (κ3) is 8.60. The molecule has 40 heavy (non-hydrogen) atoms. The number of rotatable bonds is 11. The first-order valence-corrected chi connectivity index (χ1v) is 15.1. The fourth-order valence-electron chi connectivity index (χ4n) is 3.69. The standard InChI is InChI=1S/C32H26O4S4/c33-29(27(23-13-5-1-6-14-23)39-31(37)25-17-9-3-10-18-25)35-21-22-36-30(34)28(24-15-7-2-8-16-24)40-32(38)26-19-11-4-12-20-26/h1-20,27-28H,21-22H2. The average Bonchev–Trinajstić information content (AvgIpc) is 3.02. The second-order valence-electron chi connectivity index (χ2n) is 8.46. The first-order chi connectivity index (χ1) is 19.5. The van der Waals surface area contributed by atoms with Crippen molar-refractivity contribution < 1.29 is 19.1 Å². The van der Waals surface area contributed by atoms with Gasteiger partial charge in [-0.1, -0.05) is 169 Å². The molecule has 0 aliphatic carbocycles. The fourth-order valence-corrected chi connectivity index (χ4v) is 6.43. The number of ether oxygens (including phenoxy) is 2. The molecule has 0 aromatic heterocycles. The lowest BCUT2D eigenvalue weighted by molar-refractivity contribution is -0.151. The van der Waals surface area contributed by atoms with E-state index in [-0.39, 0.29) is 13.2 Å². The molecule has 4 aromatic carbocycles. The van der Waals surface area contributed by atoms with Crippen LogP contribution in [0.2, 0.25) is 0 Å². The zero-order chi connectivity index (χ0) is 28.2. The molecule has 0 spiro atoms. The van der Waals surface area contributed by atoms with Crippen LogP contribution >= 0.6 is 48.0 Å². The summed E-state index contributed by atoms with van der Waals surface area (Å²) in [7, 11) is 0. The molecule has 202 valence electrons. The van der Waals surface area contributed by atoms with Crippen molar-refractivity contribution in [3.63, 3.8) is 0 Å². The van der Waals surface area contributed by atoms with Gasteiger partial charge in [0.2, 0.25) is 0 Å². The van der Waals surface area contributed by atoms with Gasteiger partial charge in [0.15, 0.2) is 0 Å². The maximum Gasteiger partial charge on any atom is 0.324 e. The van der Waals surface area contributed by atoms with Crippen molar-refractivity contribution in [2.24, 2.45) is 0 Å². The van der Waals surface area contributed by atoms with Gasteiger partial charge < -0.3 is 9.47 Å². The molecule has 0 aliphatic heterocycles. The molecule has 2 unspecified atom stereocenters. The predicted molar refractivity (Wildman–Crippen MR) is 172 cm³/mol. The summed E-state index contributed by atoms with van der Waals surface area (Å²) in [6, 6.07) is 37.8. The Hall–Kier alpha value is -3.30. The molecule has 0 aliphatic rings. The summed E-state index contributed by atoms with van der Waals surface area (Å²) in [6.07, 6.45) is 0. The smallest absolute Gasteiger partial charge is 0.324 e. The summed E-state index contributed by atoms with van der Waals surface area (Å²) in [6.45, 7) is -0.163. The minimum atomic E-state index is -0.652. The summed E-state index contributed by atoms with van der Waals surface area (Å²) >= 11 is 13.7. The van der Waals surface area contributed by atoms with Crippen molar-refractivity contribution in [3.8, 4) is 0 Å². The van der Waals surface area contributed by atoms with Crippen LogP contribution in [-0.4, -0.2) is 33.5 Å². The molecule has 0 amide bonds. The number of carbonyl (C=O) groups is 2. The van der Waals surface area contributed by atoms with Crippen LogP contribution in [0.1, 0.15) is 32.8 Å². The monoisotopic (exact) mass is 602 g/mol. The Balaban J connectivity index is 1.37. The molecular formula is C32H26O4S4. The van der Waals surface area contributed by atoms with Crippen molar-refractivity contribution in [2.75, 3.05) is 13.2 Å². The maximum atomic E-state index is 13.1. The fraction of sp³-hybridized carbons (Fsp3) is 0.125. The third-order valence-corrected chi connectivity index (χ3v) is 9.02. The molecule has 0 fully saturated rings. The molecule has 8 heteroatoms. The number of hydrogen-bond acceptors (Lipinski definition) is 8. The quantitative estimate of drug-likeness (QED) is 0.0981. The van der Waals surface area contributed by atoms with Gasteiger partial charge in [0, 0.05) is 0 Å². The topological polar surface area (TPSA) is 52.6 Å². The highest BCUT2D eigenvalue weighted by Gasteiger charge is 2.27. The molecule has 0 radical (unpaired) electrons. The molecule has 0 heterocycles. The van der Waals surface area contributed by atoms with Crippen molar-refractivity contribution in [1.82, 2.24) is 0 Å². The van der Waals surface area contributed by atoms with E-state index in [9.17, 15) is 9.59 Å². The molecular weight excluding hydrogens is 577 g/mol. The molecule has 4 rings (SSSR count). The molecule has 2 atom stereocenters. The first kappa shape index (κ1) is 29.7. The molecule has 4 aromatic rings. The van der Waals surface area contributed by atoms with Crippen LogP contribution in [0.3, 0.4) is 0 Å². The first-order valence-electron chi connectivity index (χ1n) is 12.5. The normalized spacial score (nSPS) is 12.1. The Morgan fingerprint density at radius 3 is 1.15 bits per heavy atom. The molecule has 0 bridgehead atoms. The molecule has 0 saturated heterocycles. The summed E-state index contributed by atoms with van der Waals surface area (Å²) in [5.74, 6) is -0.908. The molecule has 0 saturated carbocycles. The van der Waals surface area contributed by atoms with Gasteiger partial charge in [-0.25, -0.2) is 0 Å². The minimum Gasteiger partial charge on any atom is -0.461 e. The Morgan fingerprint density at radius 1 is 0.525 bits per heavy atom. The maximum absolute atomic E-state index is 13.1. The van der Waals surface area contributed by atoms with Gasteiger partial charge >= 0.3 is 11.9 Å². The third-order valence-electron chi connectivity index (χ3n) is 5.67. The van der Waals surface area contributed by atoms with E-state index < -0.39 is 22.4 Å². The number of carbonyl (C=O) groups excluding carboxylic acids is 2. The van der Waals surface area contributed by atoms with Crippen LogP contribution in [0, 0.1) is 0 Å². The van der Waals surface area contributed by atoms with E-state index in [2.05, 4.69) is 0 Å². The summed E-state index contributed by atoms with van der Waals surface area (Å²) in [4.78, 5) is 26.3. The second kappa shape index (κ2) is 15.5. The van der Waals surface area contributed by atoms with Crippen LogP contribution in [0.4, 0.5) is 0 Å². The SMILES string of the molecule is O=C(OCCOC(=O)C(SC(=S)c1ccccc1)c1ccccc1)C(SC(=S)c1ccccc1)c1ccccc1. The number of thioether (sulfide) groups is 2. The lowest BCUT2D eigenvalue weighted by Gasteiger charge is -2.18. The van der Waals surface area contributed by atoms with Crippen molar-refractivity contribution in [2.45, 2.75) is 10.5 Å². The predicted octanol–water partition coefficient (Wildman–Crippen LogP) is 7.77. The van der Waals surface area contributed by atoms with Gasteiger partial charge in [-0.05, 0) is 22.3 Å². The zero-order valence-electron chi connectivity index (χ0n) is 21.4. The highest BCUT2D eigenvalue weighted by atomic mass is 32.2. The van der Waals surface area contributed by atoms with Gasteiger partial charge in [0.1, 0.15) is 23.7 Å². The Labute approximate surface area is 253 Å². The van der Waals surface area contributed by atoms with Crippen molar-refractivity contribution in [1.29, 1.82) is 0 Å². The molecule has 4 nitrogen and oxygen atoms in total. The largest absolute Gasteiger partial charge is 0.461 e. The lowest BCUT2D eigenvalue weighted by Crippen LogP contribution is -2.21. The number of esters is 2. The van der Waals surface area contributed by atoms with Crippen LogP contribution in [0.25, 0.3) is 0 Å². The summed E-state index contributed by atoms with van der Waals surface area (Å²) in [5.41, 5.74) is 3.29. The van der Waals surface area contributed by atoms with E-state index in [0.717, 1.165) is 22.3 Å². The van der Waals surface area contributed by atoms with Gasteiger partial charge in [0.25, 0.3) is 0 Å². The van der Waals surface area contributed by atoms with E-state index in [1.165, 1.54) is 23.5 Å². The van der Waals surface area contributed by atoms with Gasteiger partial charge in [-0.3, -0.25) is 9.59 Å². The van der Waals surface area contributed by atoms with Gasteiger partial charge in [-0.15, -0.1) is 0 Å². The lowest BCUT2D eigenvalue weighted by atomic mass is 10.1. The number of hydrogen-bond donors (Lipinski definition) is 0. The summed E-state index contributed by atoms with van der Waals surface area (Å²) in [5, 5.41) is -1.30. The van der Waals surface area contributed by atoms with Crippen LogP contribution in [0.5, 0.6) is 0 Å². The van der Waals surface area contributed by atoms with Crippen molar-refractivity contribution in [3.05, 3.63) is 144 Å². The Kier molecular flexibility index (Phi) is 11.5. The average molecular weight is 603 g/mol. The van der Waals surface area contributed by atoms with E-state index in [4.69, 9.17) is 33.9 Å².